The molecule has 0 spiro atoms. The number of nitrogens with zero attached hydrogens (tertiary/aromatic N) is 2. The predicted octanol–water partition coefficient (Wildman–Crippen LogP) is 4.17. The van der Waals surface area contributed by atoms with E-state index in [-0.39, 0.29) is 30.6 Å². The number of aromatic nitrogens is 2. The van der Waals surface area contributed by atoms with Crippen LogP contribution in [0.2, 0.25) is 5.02 Å². The van der Waals surface area contributed by atoms with Gasteiger partial charge in [-0.05, 0) is 30.3 Å². The van der Waals surface area contributed by atoms with E-state index in [4.69, 9.17) is 11.6 Å². The van der Waals surface area contributed by atoms with Crippen LogP contribution in [-0.2, 0) is 9.59 Å². The molecule has 1 saturated heterocycles. The molecular weight excluding hydrogens is 449 g/mol. The van der Waals surface area contributed by atoms with Crippen LogP contribution in [0.15, 0.2) is 54.6 Å². The van der Waals surface area contributed by atoms with E-state index in [0.29, 0.717) is 22.0 Å². The second-order valence-corrected chi connectivity index (χ2v) is 7.51. The number of hydrogen-bond acceptors (Lipinski definition) is 4. The SMILES string of the molecule is O=C1C[C@H](C(=O)Nc2cc(-c3cccc(OC(F)(F)F)c3)n(-c3cccc(Cl)c3)n2)CN1. The maximum absolute atomic E-state index is 12.7. The standard InChI is InChI=1S/C21H16ClF3N4O3/c22-14-4-2-5-15(9-14)29-17(12-3-1-6-16(7-12)32-21(23,24)25)10-18(28-29)27-20(31)13-8-19(30)26-11-13/h1-7,9-10,13H,8,11H2,(H,26,30)(H,27,28,31)/t13-/m0/s1. The van der Waals surface area contributed by atoms with Gasteiger partial charge in [-0.15, -0.1) is 18.3 Å². The summed E-state index contributed by atoms with van der Waals surface area (Å²) in [6.07, 6.45) is -4.76. The van der Waals surface area contributed by atoms with Gasteiger partial charge < -0.3 is 15.4 Å². The normalized spacial score (nSPS) is 16.0. The van der Waals surface area contributed by atoms with Gasteiger partial charge in [0.1, 0.15) is 5.75 Å². The fourth-order valence-electron chi connectivity index (χ4n) is 3.32. The zero-order valence-electron chi connectivity index (χ0n) is 16.3. The van der Waals surface area contributed by atoms with E-state index in [2.05, 4.69) is 20.5 Å². The van der Waals surface area contributed by atoms with Crippen LogP contribution in [0.4, 0.5) is 19.0 Å². The molecule has 1 atom stereocenters. The van der Waals surface area contributed by atoms with Gasteiger partial charge in [-0.3, -0.25) is 9.59 Å². The van der Waals surface area contributed by atoms with Gasteiger partial charge in [-0.2, -0.15) is 0 Å². The first kappa shape index (κ1) is 21.7. The monoisotopic (exact) mass is 464 g/mol. The summed E-state index contributed by atoms with van der Waals surface area (Å²) in [5.41, 5.74) is 1.31. The molecule has 0 radical (unpaired) electrons. The smallest absolute Gasteiger partial charge is 0.406 e. The average Bonchev–Trinajstić information content (AvgIpc) is 3.33. The molecule has 7 nitrogen and oxygen atoms in total. The lowest BCUT2D eigenvalue weighted by molar-refractivity contribution is -0.274. The molecule has 2 amide bonds. The summed E-state index contributed by atoms with van der Waals surface area (Å²) in [6, 6.07) is 13.6. The van der Waals surface area contributed by atoms with Crippen molar-refractivity contribution in [1.82, 2.24) is 15.1 Å². The highest BCUT2D eigenvalue weighted by Crippen LogP contribution is 2.31. The van der Waals surface area contributed by atoms with Gasteiger partial charge in [0, 0.05) is 29.6 Å². The van der Waals surface area contributed by atoms with Gasteiger partial charge in [-0.1, -0.05) is 29.8 Å². The van der Waals surface area contributed by atoms with E-state index in [9.17, 15) is 22.8 Å². The Bertz CT molecular complexity index is 1180. The summed E-state index contributed by atoms with van der Waals surface area (Å²) in [5.74, 6) is -1.36. The molecule has 32 heavy (non-hydrogen) atoms. The number of carbonyl (C=O) groups is 2. The Labute approximate surface area is 185 Å². The number of nitrogens with one attached hydrogen (secondary N) is 2. The van der Waals surface area contributed by atoms with Crippen molar-refractivity contribution in [2.45, 2.75) is 12.8 Å². The minimum absolute atomic E-state index is 0.0739. The average molecular weight is 465 g/mol. The van der Waals surface area contributed by atoms with E-state index in [1.54, 1.807) is 30.3 Å². The van der Waals surface area contributed by atoms with Crippen LogP contribution in [0.5, 0.6) is 5.75 Å². The number of amides is 2. The first-order valence-corrected chi connectivity index (χ1v) is 9.85. The van der Waals surface area contributed by atoms with Crippen LogP contribution in [0.25, 0.3) is 16.9 Å². The van der Waals surface area contributed by atoms with Crippen molar-refractivity contribution in [1.29, 1.82) is 0 Å². The maximum atomic E-state index is 12.7. The zero-order chi connectivity index (χ0) is 22.9. The van der Waals surface area contributed by atoms with E-state index >= 15 is 0 Å². The quantitative estimate of drug-likeness (QED) is 0.593. The Morgan fingerprint density at radius 3 is 2.66 bits per heavy atom. The second-order valence-electron chi connectivity index (χ2n) is 7.08. The Kier molecular flexibility index (Phi) is 5.79. The van der Waals surface area contributed by atoms with Gasteiger partial charge in [0.15, 0.2) is 5.82 Å². The second kappa shape index (κ2) is 8.54. The largest absolute Gasteiger partial charge is 0.573 e. The number of benzene rings is 2. The molecule has 1 fully saturated rings. The van der Waals surface area contributed by atoms with Crippen molar-refractivity contribution < 1.29 is 27.5 Å². The first-order chi connectivity index (χ1) is 15.2. The zero-order valence-corrected chi connectivity index (χ0v) is 17.1. The van der Waals surface area contributed by atoms with Crippen LogP contribution < -0.4 is 15.4 Å². The minimum Gasteiger partial charge on any atom is -0.406 e. The molecule has 4 rings (SSSR count). The summed E-state index contributed by atoms with van der Waals surface area (Å²) in [6.45, 7) is 0.226. The number of carbonyl (C=O) groups excluding carboxylic acids is 2. The van der Waals surface area contributed by atoms with Crippen LogP contribution >= 0.6 is 11.6 Å². The fraction of sp³-hybridized carbons (Fsp3) is 0.190. The highest BCUT2D eigenvalue weighted by atomic mass is 35.5. The Balaban J connectivity index is 1.71. The maximum Gasteiger partial charge on any atom is 0.573 e. The molecule has 0 bridgehead atoms. The van der Waals surface area contributed by atoms with Crippen molar-refractivity contribution in [2.75, 3.05) is 11.9 Å². The highest BCUT2D eigenvalue weighted by molar-refractivity contribution is 6.30. The molecule has 1 aliphatic heterocycles. The number of halogens is 4. The summed E-state index contributed by atoms with van der Waals surface area (Å²) in [4.78, 5) is 23.9. The molecule has 166 valence electrons. The molecular formula is C21H16ClF3N4O3. The number of rotatable bonds is 5. The lowest BCUT2D eigenvalue weighted by atomic mass is 10.1. The highest BCUT2D eigenvalue weighted by Gasteiger charge is 2.31. The summed E-state index contributed by atoms with van der Waals surface area (Å²) in [7, 11) is 0. The Morgan fingerprint density at radius 2 is 1.97 bits per heavy atom. The van der Waals surface area contributed by atoms with Gasteiger partial charge in [0.05, 0.1) is 17.3 Å². The van der Waals surface area contributed by atoms with Gasteiger partial charge in [-0.25, -0.2) is 4.68 Å². The van der Waals surface area contributed by atoms with E-state index in [0.717, 1.165) is 0 Å². The number of alkyl halides is 3. The summed E-state index contributed by atoms with van der Waals surface area (Å²) in [5, 5.41) is 10.1. The van der Waals surface area contributed by atoms with E-state index < -0.39 is 18.0 Å². The first-order valence-electron chi connectivity index (χ1n) is 9.48. The number of ether oxygens (including phenoxy) is 1. The molecule has 11 heteroatoms. The lowest BCUT2D eigenvalue weighted by Gasteiger charge is -2.11. The molecule has 0 aliphatic carbocycles. The van der Waals surface area contributed by atoms with E-state index in [1.807, 2.05) is 0 Å². The third kappa shape index (κ3) is 5.02. The molecule has 2 N–H and O–H groups in total. The molecule has 0 unspecified atom stereocenters. The number of anilines is 1. The van der Waals surface area contributed by atoms with Crippen molar-refractivity contribution >= 4 is 29.2 Å². The predicted molar refractivity (Wildman–Crippen MR) is 110 cm³/mol. The fourth-order valence-corrected chi connectivity index (χ4v) is 3.51. The van der Waals surface area contributed by atoms with Gasteiger partial charge in [0.25, 0.3) is 0 Å². The molecule has 1 aromatic heterocycles. The molecule has 1 aliphatic rings. The molecule has 0 saturated carbocycles. The lowest BCUT2D eigenvalue weighted by Crippen LogP contribution is -2.24. The van der Waals surface area contributed by atoms with Gasteiger partial charge in [0.2, 0.25) is 11.8 Å². The van der Waals surface area contributed by atoms with Gasteiger partial charge >= 0.3 is 6.36 Å². The van der Waals surface area contributed by atoms with Crippen molar-refractivity contribution in [3.8, 4) is 22.7 Å². The van der Waals surface area contributed by atoms with Crippen LogP contribution in [0, 0.1) is 5.92 Å². The topological polar surface area (TPSA) is 85.2 Å². The molecule has 3 aromatic rings. The molecule has 2 heterocycles. The third-order valence-corrected chi connectivity index (χ3v) is 4.96. The van der Waals surface area contributed by atoms with Crippen molar-refractivity contribution in [3.63, 3.8) is 0 Å². The third-order valence-electron chi connectivity index (χ3n) is 4.72. The Hall–Kier alpha value is -3.53. The Morgan fingerprint density at radius 1 is 1.19 bits per heavy atom. The summed E-state index contributed by atoms with van der Waals surface area (Å²) < 4.78 is 43.4. The molecule has 2 aromatic carbocycles. The van der Waals surface area contributed by atoms with Crippen molar-refractivity contribution in [2.24, 2.45) is 5.92 Å². The van der Waals surface area contributed by atoms with Crippen LogP contribution in [0.3, 0.4) is 0 Å². The van der Waals surface area contributed by atoms with E-state index in [1.165, 1.54) is 28.9 Å². The minimum atomic E-state index is -4.84. The van der Waals surface area contributed by atoms with Crippen molar-refractivity contribution in [3.05, 3.63) is 59.6 Å². The van der Waals surface area contributed by atoms with Crippen LogP contribution in [-0.4, -0.2) is 34.5 Å². The number of hydrogen-bond donors (Lipinski definition) is 2. The van der Waals surface area contributed by atoms with Crippen LogP contribution in [0.1, 0.15) is 6.42 Å². The summed E-state index contributed by atoms with van der Waals surface area (Å²) >= 11 is 6.09.